The molecule has 3 nitrogen and oxygen atoms in total. The Morgan fingerprint density at radius 3 is 2.59 bits per heavy atom. The molecule has 1 aromatic carbocycles. The van der Waals surface area contributed by atoms with E-state index in [1.807, 2.05) is 35.1 Å². The van der Waals surface area contributed by atoms with Crippen LogP contribution in [0.15, 0.2) is 30.5 Å². The van der Waals surface area contributed by atoms with Crippen molar-refractivity contribution in [2.24, 2.45) is 5.73 Å². The van der Waals surface area contributed by atoms with Crippen LogP contribution >= 0.6 is 11.6 Å². The molecule has 1 heterocycles. The molecule has 2 N–H and O–H groups in total. The van der Waals surface area contributed by atoms with Crippen molar-refractivity contribution in [3.8, 4) is 5.69 Å². The van der Waals surface area contributed by atoms with Crippen LogP contribution in [0, 0.1) is 0 Å². The highest BCUT2D eigenvalue weighted by atomic mass is 35.5. The molecule has 0 saturated heterocycles. The van der Waals surface area contributed by atoms with E-state index in [1.165, 1.54) is 18.5 Å². The highest BCUT2D eigenvalue weighted by Gasteiger charge is 2.30. The first-order valence-corrected chi connectivity index (χ1v) is 6.20. The standard InChI is InChI=1S/C13H14ClN3/c14-11-3-5-12(6-4-11)17-13(9-1-2-9)10(7-15)8-16-17/h3-6,8-9H,1-2,7,15H2. The maximum Gasteiger partial charge on any atom is 0.0650 e. The van der Waals surface area contributed by atoms with Crippen molar-refractivity contribution < 1.29 is 0 Å². The molecule has 0 spiro atoms. The van der Waals surface area contributed by atoms with Gasteiger partial charge in [0.15, 0.2) is 0 Å². The second-order valence-electron chi connectivity index (χ2n) is 4.42. The van der Waals surface area contributed by atoms with Crippen molar-refractivity contribution in [3.05, 3.63) is 46.7 Å². The van der Waals surface area contributed by atoms with E-state index in [-0.39, 0.29) is 0 Å². The molecule has 1 saturated carbocycles. The molecule has 1 aliphatic carbocycles. The zero-order valence-electron chi connectivity index (χ0n) is 9.44. The van der Waals surface area contributed by atoms with E-state index in [1.54, 1.807) is 0 Å². The number of benzene rings is 1. The van der Waals surface area contributed by atoms with Crippen molar-refractivity contribution >= 4 is 11.6 Å². The van der Waals surface area contributed by atoms with Gasteiger partial charge >= 0.3 is 0 Å². The Morgan fingerprint density at radius 2 is 2.00 bits per heavy atom. The lowest BCUT2D eigenvalue weighted by atomic mass is 10.1. The number of rotatable bonds is 3. The van der Waals surface area contributed by atoms with Crippen LogP contribution in [0.2, 0.25) is 5.02 Å². The Bertz CT molecular complexity index is 526. The quantitative estimate of drug-likeness (QED) is 0.907. The van der Waals surface area contributed by atoms with Crippen molar-refractivity contribution in [2.75, 3.05) is 0 Å². The van der Waals surface area contributed by atoms with Gasteiger partial charge in [0.1, 0.15) is 0 Å². The Morgan fingerprint density at radius 1 is 1.29 bits per heavy atom. The smallest absolute Gasteiger partial charge is 0.0650 e. The third-order valence-corrected chi connectivity index (χ3v) is 3.39. The SMILES string of the molecule is NCc1cnn(-c2ccc(Cl)cc2)c1C1CC1. The third kappa shape index (κ3) is 1.96. The van der Waals surface area contributed by atoms with Gasteiger partial charge in [0.05, 0.1) is 17.6 Å². The van der Waals surface area contributed by atoms with Crippen LogP contribution in [0.4, 0.5) is 0 Å². The fourth-order valence-electron chi connectivity index (χ4n) is 2.13. The van der Waals surface area contributed by atoms with Crippen molar-refractivity contribution in [1.82, 2.24) is 9.78 Å². The fraction of sp³-hybridized carbons (Fsp3) is 0.308. The van der Waals surface area contributed by atoms with E-state index in [0.29, 0.717) is 12.5 Å². The maximum atomic E-state index is 5.90. The first kappa shape index (κ1) is 10.8. The number of hydrogen-bond donors (Lipinski definition) is 1. The molecule has 0 aliphatic heterocycles. The topological polar surface area (TPSA) is 43.8 Å². The monoisotopic (exact) mass is 247 g/mol. The zero-order chi connectivity index (χ0) is 11.8. The number of aromatic nitrogens is 2. The number of hydrogen-bond acceptors (Lipinski definition) is 2. The van der Waals surface area contributed by atoms with Gasteiger partial charge in [-0.25, -0.2) is 4.68 Å². The van der Waals surface area contributed by atoms with Crippen molar-refractivity contribution in [2.45, 2.75) is 25.3 Å². The molecule has 1 fully saturated rings. The molecule has 0 atom stereocenters. The summed E-state index contributed by atoms with van der Waals surface area (Å²) in [5.41, 5.74) is 9.24. The third-order valence-electron chi connectivity index (χ3n) is 3.14. The minimum atomic E-state index is 0.555. The predicted molar refractivity (Wildman–Crippen MR) is 68.4 cm³/mol. The van der Waals surface area contributed by atoms with Gasteiger partial charge < -0.3 is 5.73 Å². The van der Waals surface area contributed by atoms with Crippen LogP contribution in [-0.4, -0.2) is 9.78 Å². The minimum absolute atomic E-state index is 0.555. The van der Waals surface area contributed by atoms with E-state index < -0.39 is 0 Å². The molecular weight excluding hydrogens is 234 g/mol. The Balaban J connectivity index is 2.07. The van der Waals surface area contributed by atoms with E-state index in [2.05, 4.69) is 5.10 Å². The summed E-state index contributed by atoms with van der Waals surface area (Å²) in [6, 6.07) is 7.75. The summed E-state index contributed by atoms with van der Waals surface area (Å²) >= 11 is 5.90. The van der Waals surface area contributed by atoms with Gasteiger partial charge in [-0.05, 0) is 37.1 Å². The Hall–Kier alpha value is -1.32. The highest BCUT2D eigenvalue weighted by molar-refractivity contribution is 6.30. The van der Waals surface area contributed by atoms with E-state index in [4.69, 9.17) is 17.3 Å². The van der Waals surface area contributed by atoms with Crippen LogP contribution < -0.4 is 5.73 Å². The number of nitrogens with zero attached hydrogens (tertiary/aromatic N) is 2. The lowest BCUT2D eigenvalue weighted by Gasteiger charge is -2.08. The second-order valence-corrected chi connectivity index (χ2v) is 4.86. The molecular formula is C13H14ClN3. The van der Waals surface area contributed by atoms with Gasteiger partial charge in [0, 0.05) is 23.0 Å². The number of halogens is 1. The molecule has 0 radical (unpaired) electrons. The summed E-state index contributed by atoms with van der Waals surface area (Å²) in [6.07, 6.45) is 4.36. The van der Waals surface area contributed by atoms with Gasteiger partial charge in [-0.2, -0.15) is 5.10 Å². The molecule has 17 heavy (non-hydrogen) atoms. The highest BCUT2D eigenvalue weighted by Crippen LogP contribution is 2.42. The lowest BCUT2D eigenvalue weighted by molar-refractivity contribution is 0.801. The maximum absolute atomic E-state index is 5.90. The molecule has 3 rings (SSSR count). The molecule has 2 aromatic rings. The summed E-state index contributed by atoms with van der Waals surface area (Å²) in [7, 11) is 0. The summed E-state index contributed by atoms with van der Waals surface area (Å²) in [5, 5.41) is 5.19. The number of nitrogens with two attached hydrogens (primary N) is 1. The molecule has 0 unspecified atom stereocenters. The van der Waals surface area contributed by atoms with Gasteiger partial charge in [-0.3, -0.25) is 0 Å². The van der Waals surface area contributed by atoms with Crippen molar-refractivity contribution in [1.29, 1.82) is 0 Å². The first-order valence-electron chi connectivity index (χ1n) is 5.82. The van der Waals surface area contributed by atoms with E-state index >= 15 is 0 Å². The summed E-state index contributed by atoms with van der Waals surface area (Å²) < 4.78 is 2.00. The van der Waals surface area contributed by atoms with E-state index in [9.17, 15) is 0 Å². The van der Waals surface area contributed by atoms with Gasteiger partial charge in [0.2, 0.25) is 0 Å². The average molecular weight is 248 g/mol. The van der Waals surface area contributed by atoms with Crippen LogP contribution in [0.5, 0.6) is 0 Å². The molecule has 88 valence electrons. The molecule has 0 bridgehead atoms. The van der Waals surface area contributed by atoms with Crippen LogP contribution in [0.3, 0.4) is 0 Å². The Kier molecular flexibility index (Phi) is 2.65. The summed E-state index contributed by atoms with van der Waals surface area (Å²) in [5.74, 6) is 0.631. The first-order chi connectivity index (χ1) is 8.29. The van der Waals surface area contributed by atoms with Crippen LogP contribution in [-0.2, 0) is 6.54 Å². The molecule has 0 amide bonds. The largest absolute Gasteiger partial charge is 0.326 e. The van der Waals surface area contributed by atoms with E-state index in [0.717, 1.165) is 16.3 Å². The normalized spacial score (nSPS) is 15.2. The second kappa shape index (κ2) is 4.17. The lowest BCUT2D eigenvalue weighted by Crippen LogP contribution is -2.04. The molecule has 1 aromatic heterocycles. The van der Waals surface area contributed by atoms with Gasteiger partial charge in [0.25, 0.3) is 0 Å². The van der Waals surface area contributed by atoms with Crippen LogP contribution in [0.25, 0.3) is 5.69 Å². The fourth-order valence-corrected chi connectivity index (χ4v) is 2.25. The van der Waals surface area contributed by atoms with Gasteiger partial charge in [-0.1, -0.05) is 11.6 Å². The summed E-state index contributed by atoms with van der Waals surface area (Å²) in [4.78, 5) is 0. The average Bonchev–Trinajstić information content (AvgIpc) is 3.10. The molecule has 1 aliphatic rings. The minimum Gasteiger partial charge on any atom is -0.326 e. The van der Waals surface area contributed by atoms with Crippen LogP contribution in [0.1, 0.15) is 30.0 Å². The Labute approximate surface area is 105 Å². The predicted octanol–water partition coefficient (Wildman–Crippen LogP) is 2.86. The zero-order valence-corrected chi connectivity index (χ0v) is 10.2. The summed E-state index contributed by atoms with van der Waals surface area (Å²) in [6.45, 7) is 0.555. The van der Waals surface area contributed by atoms with Crippen molar-refractivity contribution in [3.63, 3.8) is 0 Å². The molecule has 4 heteroatoms. The van der Waals surface area contributed by atoms with Gasteiger partial charge in [-0.15, -0.1) is 0 Å².